The molecule has 0 spiro atoms. The first-order valence-corrected chi connectivity index (χ1v) is 15.3. The molecular formula is C35H44N4O5. The van der Waals surface area contributed by atoms with Gasteiger partial charge in [0.15, 0.2) is 0 Å². The van der Waals surface area contributed by atoms with Gasteiger partial charge in [0.25, 0.3) is 0 Å². The Morgan fingerprint density at radius 2 is 1.18 bits per heavy atom. The Kier molecular flexibility index (Phi) is 13.9. The van der Waals surface area contributed by atoms with Crippen molar-refractivity contribution in [1.82, 2.24) is 21.3 Å². The molecule has 3 aromatic carbocycles. The van der Waals surface area contributed by atoms with Crippen LogP contribution in [0, 0.1) is 0 Å². The predicted octanol–water partition coefficient (Wildman–Crippen LogP) is 4.80. The molecular weight excluding hydrogens is 556 g/mol. The maximum atomic E-state index is 13.9. The maximum absolute atomic E-state index is 13.9. The van der Waals surface area contributed by atoms with Crippen LogP contribution in [0.25, 0.3) is 0 Å². The van der Waals surface area contributed by atoms with Gasteiger partial charge >= 0.3 is 6.09 Å². The molecule has 44 heavy (non-hydrogen) atoms. The second kappa shape index (κ2) is 18.1. The van der Waals surface area contributed by atoms with Crippen molar-refractivity contribution in [2.75, 3.05) is 20.2 Å². The summed E-state index contributed by atoms with van der Waals surface area (Å²) in [5.74, 6) is -1.23. The topological polar surface area (TPSA) is 126 Å². The molecule has 3 rings (SSSR count). The summed E-state index contributed by atoms with van der Waals surface area (Å²) in [4.78, 5) is 51.5. The van der Waals surface area contributed by atoms with Gasteiger partial charge in [0, 0.05) is 19.5 Å². The highest BCUT2D eigenvalue weighted by Gasteiger charge is 2.38. The number of rotatable bonds is 17. The van der Waals surface area contributed by atoms with Crippen LogP contribution in [0.4, 0.5) is 4.79 Å². The molecule has 0 heterocycles. The van der Waals surface area contributed by atoms with Crippen molar-refractivity contribution in [2.45, 2.75) is 63.5 Å². The van der Waals surface area contributed by atoms with Crippen molar-refractivity contribution < 1.29 is 23.9 Å². The number of benzene rings is 3. The van der Waals surface area contributed by atoms with E-state index in [-0.39, 0.29) is 31.8 Å². The zero-order valence-electron chi connectivity index (χ0n) is 25.6. The van der Waals surface area contributed by atoms with Gasteiger partial charge in [0.1, 0.15) is 11.6 Å². The zero-order valence-corrected chi connectivity index (χ0v) is 25.6. The summed E-state index contributed by atoms with van der Waals surface area (Å²) in [6, 6.07) is 27.9. The second-order valence-electron chi connectivity index (χ2n) is 10.6. The Morgan fingerprint density at radius 3 is 1.68 bits per heavy atom. The largest absolute Gasteiger partial charge is 0.453 e. The highest BCUT2D eigenvalue weighted by Crippen LogP contribution is 2.36. The van der Waals surface area contributed by atoms with Gasteiger partial charge in [-0.15, -0.1) is 0 Å². The van der Waals surface area contributed by atoms with Crippen LogP contribution in [0.2, 0.25) is 0 Å². The van der Waals surface area contributed by atoms with Crippen molar-refractivity contribution in [3.63, 3.8) is 0 Å². The fourth-order valence-electron chi connectivity index (χ4n) is 5.14. The number of unbranched alkanes of at least 4 members (excludes halogenated alkanes) is 4. The number of nitrogens with one attached hydrogen (secondary N) is 4. The smallest absolute Gasteiger partial charge is 0.406 e. The predicted molar refractivity (Wildman–Crippen MR) is 171 cm³/mol. The average molecular weight is 601 g/mol. The molecule has 0 saturated heterocycles. The fraction of sp³-hybridized carbons (Fsp3) is 0.371. The summed E-state index contributed by atoms with van der Waals surface area (Å²) in [7, 11) is 1.25. The number of carbonyl (C=O) groups excluding carboxylic acids is 4. The average Bonchev–Trinajstić information content (AvgIpc) is 3.06. The van der Waals surface area contributed by atoms with E-state index in [1.165, 1.54) is 7.11 Å². The van der Waals surface area contributed by atoms with E-state index in [0.717, 1.165) is 42.4 Å². The number of alkyl carbamates (subject to hydrolysis) is 1. The molecule has 0 aliphatic rings. The van der Waals surface area contributed by atoms with Crippen LogP contribution in [0.1, 0.15) is 68.6 Å². The van der Waals surface area contributed by atoms with E-state index in [0.29, 0.717) is 6.42 Å². The lowest BCUT2D eigenvalue weighted by Gasteiger charge is -2.37. The maximum Gasteiger partial charge on any atom is 0.406 e. The third kappa shape index (κ3) is 9.97. The molecule has 1 atom stereocenters. The summed E-state index contributed by atoms with van der Waals surface area (Å²) in [5, 5.41) is 11.2. The van der Waals surface area contributed by atoms with Crippen LogP contribution >= 0.6 is 0 Å². The summed E-state index contributed by atoms with van der Waals surface area (Å²) >= 11 is 0. The minimum Gasteiger partial charge on any atom is -0.453 e. The normalized spacial score (nSPS) is 11.6. The standard InChI is InChI=1S/C35H44N4O5/c1-3-4-5-6-16-23-31(40)38-30(33(42)36-24-25-37-34(43)44-2)26-32(41)39-35(27-17-10-7-11-18-27,28-19-12-8-13-20-28)29-21-14-9-15-22-29/h7-15,17-22,30H,3-6,16,23-26H2,1-2H3,(H,36,42)(H,37,43)(H,38,40)(H,39,41). The minimum atomic E-state index is -1.11. The quantitative estimate of drug-likeness (QED) is 0.131. The Morgan fingerprint density at radius 1 is 0.682 bits per heavy atom. The van der Waals surface area contributed by atoms with Crippen LogP contribution in [0.5, 0.6) is 0 Å². The molecule has 3 aromatic rings. The zero-order chi connectivity index (χ0) is 31.6. The molecule has 234 valence electrons. The lowest BCUT2D eigenvalue weighted by molar-refractivity contribution is -0.132. The SMILES string of the molecule is CCCCCCCC(=O)NC(CC(=O)NC(c1ccccc1)(c1ccccc1)c1ccccc1)C(=O)NCCNC(=O)OC. The van der Waals surface area contributed by atoms with E-state index < -0.39 is 29.5 Å². The van der Waals surface area contributed by atoms with E-state index in [1.54, 1.807) is 0 Å². The van der Waals surface area contributed by atoms with E-state index >= 15 is 0 Å². The fourth-order valence-corrected chi connectivity index (χ4v) is 5.14. The number of hydrogen-bond acceptors (Lipinski definition) is 5. The molecule has 9 heteroatoms. The third-order valence-corrected chi connectivity index (χ3v) is 7.37. The summed E-state index contributed by atoms with van der Waals surface area (Å²) < 4.78 is 4.56. The van der Waals surface area contributed by atoms with Gasteiger partial charge in [-0.05, 0) is 23.1 Å². The highest BCUT2D eigenvalue weighted by atomic mass is 16.5. The number of carbonyl (C=O) groups is 4. The Hall–Kier alpha value is -4.66. The lowest BCUT2D eigenvalue weighted by atomic mass is 9.77. The van der Waals surface area contributed by atoms with Gasteiger partial charge < -0.3 is 26.0 Å². The third-order valence-electron chi connectivity index (χ3n) is 7.37. The van der Waals surface area contributed by atoms with Crippen molar-refractivity contribution >= 4 is 23.8 Å². The van der Waals surface area contributed by atoms with Crippen molar-refractivity contribution in [1.29, 1.82) is 0 Å². The van der Waals surface area contributed by atoms with Gasteiger partial charge in [-0.3, -0.25) is 14.4 Å². The monoisotopic (exact) mass is 600 g/mol. The number of hydrogen-bond donors (Lipinski definition) is 4. The molecule has 4 amide bonds. The molecule has 0 aliphatic carbocycles. The summed E-state index contributed by atoms with van der Waals surface area (Å²) in [6.45, 7) is 2.35. The van der Waals surface area contributed by atoms with Crippen LogP contribution in [-0.2, 0) is 24.7 Å². The molecule has 4 N–H and O–H groups in total. The van der Waals surface area contributed by atoms with Crippen LogP contribution in [0.3, 0.4) is 0 Å². The van der Waals surface area contributed by atoms with Crippen LogP contribution in [0.15, 0.2) is 91.0 Å². The molecule has 0 aromatic heterocycles. The van der Waals surface area contributed by atoms with Crippen molar-refractivity contribution in [3.05, 3.63) is 108 Å². The first-order valence-electron chi connectivity index (χ1n) is 15.3. The van der Waals surface area contributed by atoms with Gasteiger partial charge in [0.05, 0.1) is 13.5 Å². The van der Waals surface area contributed by atoms with Crippen molar-refractivity contribution in [3.8, 4) is 0 Å². The van der Waals surface area contributed by atoms with Gasteiger partial charge in [-0.1, -0.05) is 124 Å². The molecule has 0 saturated carbocycles. The van der Waals surface area contributed by atoms with E-state index in [4.69, 9.17) is 0 Å². The summed E-state index contributed by atoms with van der Waals surface area (Å²) in [6.07, 6.45) is 4.24. The Bertz CT molecular complexity index is 1220. The second-order valence-corrected chi connectivity index (χ2v) is 10.6. The van der Waals surface area contributed by atoms with E-state index in [2.05, 4.69) is 32.9 Å². The molecule has 0 fully saturated rings. The molecule has 0 bridgehead atoms. The molecule has 1 unspecified atom stereocenters. The number of amides is 4. The number of ether oxygens (including phenoxy) is 1. The molecule has 9 nitrogen and oxygen atoms in total. The van der Waals surface area contributed by atoms with E-state index in [9.17, 15) is 19.2 Å². The highest BCUT2D eigenvalue weighted by molar-refractivity contribution is 5.92. The first kappa shape index (κ1) is 33.8. The lowest BCUT2D eigenvalue weighted by Crippen LogP contribution is -2.53. The molecule has 0 radical (unpaired) electrons. The number of methoxy groups -OCH3 is 1. The Labute approximate surface area is 260 Å². The summed E-state index contributed by atoms with van der Waals surface area (Å²) in [5.41, 5.74) is 1.47. The van der Waals surface area contributed by atoms with Crippen LogP contribution < -0.4 is 21.3 Å². The van der Waals surface area contributed by atoms with Crippen molar-refractivity contribution in [2.24, 2.45) is 0 Å². The van der Waals surface area contributed by atoms with Crippen LogP contribution in [-0.4, -0.2) is 50.1 Å². The Balaban J connectivity index is 1.86. The van der Waals surface area contributed by atoms with Gasteiger partial charge in [-0.25, -0.2) is 4.79 Å². The first-order chi connectivity index (χ1) is 21.4. The molecule has 0 aliphatic heterocycles. The van der Waals surface area contributed by atoms with Gasteiger partial charge in [0.2, 0.25) is 17.7 Å². The van der Waals surface area contributed by atoms with E-state index in [1.807, 2.05) is 91.0 Å². The minimum absolute atomic E-state index is 0.0981. The van der Waals surface area contributed by atoms with Gasteiger partial charge in [-0.2, -0.15) is 0 Å².